The highest BCUT2D eigenvalue weighted by molar-refractivity contribution is 6.30. The molecule has 2 aromatic rings. The predicted octanol–water partition coefficient (Wildman–Crippen LogP) is 3.80. The minimum absolute atomic E-state index is 0.208. The van der Waals surface area contributed by atoms with Crippen LogP contribution in [0, 0.1) is 6.92 Å². The molecule has 1 heterocycles. The number of hydrogen-bond acceptors (Lipinski definition) is 3. The molecular weight excluding hydrogens is 334 g/mol. The zero-order valence-corrected chi connectivity index (χ0v) is 15.3. The van der Waals surface area contributed by atoms with Crippen LogP contribution < -0.4 is 10.2 Å². The first-order valence-corrected chi connectivity index (χ1v) is 9.09. The second-order valence-electron chi connectivity index (χ2n) is 6.34. The fourth-order valence-corrected chi connectivity index (χ4v) is 3.27. The molecule has 1 aliphatic rings. The molecule has 25 heavy (non-hydrogen) atoms. The molecule has 1 fully saturated rings. The fourth-order valence-electron chi connectivity index (χ4n) is 3.10. The number of nitrogens with zero attached hydrogens (tertiary/aromatic N) is 2. The quantitative estimate of drug-likeness (QED) is 0.884. The lowest BCUT2D eigenvalue weighted by atomic mass is 10.2. The van der Waals surface area contributed by atoms with Gasteiger partial charge in [0.15, 0.2) is 0 Å². The number of amides is 1. The minimum Gasteiger partial charge on any atom is -0.384 e. The van der Waals surface area contributed by atoms with Crippen molar-refractivity contribution in [3.8, 4) is 0 Å². The predicted molar refractivity (Wildman–Crippen MR) is 105 cm³/mol. The topological polar surface area (TPSA) is 35.6 Å². The van der Waals surface area contributed by atoms with E-state index in [2.05, 4.69) is 34.5 Å². The summed E-state index contributed by atoms with van der Waals surface area (Å²) in [6, 6.07) is 16.1. The van der Waals surface area contributed by atoms with Gasteiger partial charge in [-0.25, -0.2) is 0 Å². The van der Waals surface area contributed by atoms with Gasteiger partial charge in [-0.15, -0.1) is 0 Å². The molecule has 1 amide bonds. The third-order valence-electron chi connectivity index (χ3n) is 4.61. The first-order valence-electron chi connectivity index (χ1n) is 8.71. The fraction of sp³-hybridized carbons (Fsp3) is 0.350. The molecule has 5 heteroatoms. The van der Waals surface area contributed by atoms with Gasteiger partial charge in [0.05, 0.1) is 0 Å². The first-order chi connectivity index (χ1) is 12.1. The van der Waals surface area contributed by atoms with Crippen LogP contribution in [0.2, 0.25) is 5.02 Å². The molecule has 132 valence electrons. The Labute approximate surface area is 154 Å². The standard InChI is InChI=1S/C20H24ClN3O/c1-16-7-8-17(21)15-19(16)22-10-9-20(25)24-13-11-23(12-14-24)18-5-3-2-4-6-18/h2-8,15,22H,9-14H2,1H3. The largest absolute Gasteiger partial charge is 0.384 e. The van der Waals surface area contributed by atoms with E-state index in [0.29, 0.717) is 18.0 Å². The number of hydrogen-bond donors (Lipinski definition) is 1. The summed E-state index contributed by atoms with van der Waals surface area (Å²) in [5, 5.41) is 4.02. The summed E-state index contributed by atoms with van der Waals surface area (Å²) in [6.07, 6.45) is 0.497. The molecule has 0 radical (unpaired) electrons. The second-order valence-corrected chi connectivity index (χ2v) is 6.78. The number of anilines is 2. The molecule has 0 spiro atoms. The number of aryl methyl sites for hydroxylation is 1. The van der Waals surface area contributed by atoms with E-state index in [0.717, 1.165) is 37.4 Å². The lowest BCUT2D eigenvalue weighted by molar-refractivity contribution is -0.131. The van der Waals surface area contributed by atoms with Crippen LogP contribution in [0.4, 0.5) is 11.4 Å². The van der Waals surface area contributed by atoms with E-state index < -0.39 is 0 Å². The van der Waals surface area contributed by atoms with Crippen molar-refractivity contribution in [3.05, 3.63) is 59.1 Å². The van der Waals surface area contributed by atoms with Crippen molar-refractivity contribution < 1.29 is 4.79 Å². The highest BCUT2D eigenvalue weighted by Crippen LogP contribution is 2.20. The summed E-state index contributed by atoms with van der Waals surface area (Å²) in [6.45, 7) is 5.99. The number of piperazine rings is 1. The summed E-state index contributed by atoms with van der Waals surface area (Å²) in [4.78, 5) is 16.7. The summed E-state index contributed by atoms with van der Waals surface area (Å²) in [5.41, 5.74) is 3.36. The van der Waals surface area contributed by atoms with E-state index in [1.807, 2.05) is 36.1 Å². The van der Waals surface area contributed by atoms with Crippen molar-refractivity contribution in [2.24, 2.45) is 0 Å². The Hall–Kier alpha value is -2.20. The number of carbonyl (C=O) groups excluding carboxylic acids is 1. The number of carbonyl (C=O) groups is 1. The van der Waals surface area contributed by atoms with Gasteiger partial charge in [-0.3, -0.25) is 4.79 Å². The van der Waals surface area contributed by atoms with E-state index in [4.69, 9.17) is 11.6 Å². The molecule has 1 saturated heterocycles. The van der Waals surface area contributed by atoms with Gasteiger partial charge >= 0.3 is 0 Å². The number of rotatable bonds is 5. The van der Waals surface area contributed by atoms with E-state index >= 15 is 0 Å². The van der Waals surface area contributed by atoms with Gasteiger partial charge in [0.25, 0.3) is 0 Å². The van der Waals surface area contributed by atoms with Crippen LogP contribution in [0.25, 0.3) is 0 Å². The lowest BCUT2D eigenvalue weighted by Gasteiger charge is -2.36. The zero-order chi connectivity index (χ0) is 17.6. The number of benzene rings is 2. The average Bonchev–Trinajstić information content (AvgIpc) is 2.65. The van der Waals surface area contributed by atoms with Gasteiger partial charge in [-0.1, -0.05) is 35.9 Å². The van der Waals surface area contributed by atoms with Crippen molar-refractivity contribution in [1.82, 2.24) is 4.90 Å². The number of halogens is 1. The Balaban J connectivity index is 1.44. The molecule has 0 bridgehead atoms. The van der Waals surface area contributed by atoms with Gasteiger partial charge in [0.1, 0.15) is 0 Å². The molecule has 3 rings (SSSR count). The highest BCUT2D eigenvalue weighted by atomic mass is 35.5. The Bertz CT molecular complexity index is 712. The van der Waals surface area contributed by atoms with Crippen LogP contribution in [0.5, 0.6) is 0 Å². The molecule has 1 aliphatic heterocycles. The molecule has 2 aromatic carbocycles. The maximum Gasteiger partial charge on any atom is 0.224 e. The van der Waals surface area contributed by atoms with Crippen molar-refractivity contribution in [2.45, 2.75) is 13.3 Å². The van der Waals surface area contributed by atoms with Crippen molar-refractivity contribution in [1.29, 1.82) is 0 Å². The third-order valence-corrected chi connectivity index (χ3v) is 4.84. The average molecular weight is 358 g/mol. The monoisotopic (exact) mass is 357 g/mol. The molecule has 1 N–H and O–H groups in total. The van der Waals surface area contributed by atoms with E-state index in [-0.39, 0.29) is 5.91 Å². The molecule has 4 nitrogen and oxygen atoms in total. The second kappa shape index (κ2) is 8.26. The van der Waals surface area contributed by atoms with Crippen LogP contribution >= 0.6 is 11.6 Å². The van der Waals surface area contributed by atoms with Crippen molar-refractivity contribution >= 4 is 28.9 Å². The summed E-state index contributed by atoms with van der Waals surface area (Å²) in [5.74, 6) is 0.208. The smallest absolute Gasteiger partial charge is 0.224 e. The Morgan fingerprint density at radius 2 is 1.80 bits per heavy atom. The van der Waals surface area contributed by atoms with Crippen LogP contribution in [0.15, 0.2) is 48.5 Å². The maximum absolute atomic E-state index is 12.4. The molecular formula is C20H24ClN3O. The number of nitrogens with one attached hydrogen (secondary N) is 1. The molecule has 0 aliphatic carbocycles. The van der Waals surface area contributed by atoms with Crippen molar-refractivity contribution in [2.75, 3.05) is 42.9 Å². The SMILES string of the molecule is Cc1ccc(Cl)cc1NCCC(=O)N1CCN(c2ccccc2)CC1. The van der Waals surface area contributed by atoms with Gasteiger partial charge in [0, 0.05) is 55.5 Å². The first kappa shape index (κ1) is 17.6. The van der Waals surface area contributed by atoms with Crippen LogP contribution in [-0.4, -0.2) is 43.5 Å². The van der Waals surface area contributed by atoms with Gasteiger partial charge in [-0.2, -0.15) is 0 Å². The maximum atomic E-state index is 12.4. The van der Waals surface area contributed by atoms with Crippen LogP contribution in [0.1, 0.15) is 12.0 Å². The summed E-state index contributed by atoms with van der Waals surface area (Å²) in [7, 11) is 0. The minimum atomic E-state index is 0.208. The molecule has 0 saturated carbocycles. The summed E-state index contributed by atoms with van der Waals surface area (Å²) >= 11 is 6.02. The Morgan fingerprint density at radius 1 is 1.08 bits per heavy atom. The highest BCUT2D eigenvalue weighted by Gasteiger charge is 2.20. The Morgan fingerprint density at radius 3 is 2.52 bits per heavy atom. The van der Waals surface area contributed by atoms with Crippen LogP contribution in [0.3, 0.4) is 0 Å². The number of para-hydroxylation sites is 1. The molecule has 0 atom stereocenters. The van der Waals surface area contributed by atoms with Gasteiger partial charge in [0.2, 0.25) is 5.91 Å². The van der Waals surface area contributed by atoms with E-state index in [9.17, 15) is 4.79 Å². The van der Waals surface area contributed by atoms with Gasteiger partial charge < -0.3 is 15.1 Å². The molecule has 0 unspecified atom stereocenters. The third kappa shape index (κ3) is 4.67. The molecule has 0 aromatic heterocycles. The summed E-state index contributed by atoms with van der Waals surface area (Å²) < 4.78 is 0. The van der Waals surface area contributed by atoms with Crippen molar-refractivity contribution in [3.63, 3.8) is 0 Å². The normalized spacial score (nSPS) is 14.5. The van der Waals surface area contributed by atoms with E-state index in [1.165, 1.54) is 5.69 Å². The van der Waals surface area contributed by atoms with E-state index in [1.54, 1.807) is 0 Å². The van der Waals surface area contributed by atoms with Gasteiger partial charge in [-0.05, 0) is 36.8 Å². The Kier molecular flexibility index (Phi) is 5.82. The zero-order valence-electron chi connectivity index (χ0n) is 14.5. The lowest BCUT2D eigenvalue weighted by Crippen LogP contribution is -2.49. The van der Waals surface area contributed by atoms with Crippen LogP contribution in [-0.2, 0) is 4.79 Å².